The fourth-order valence-electron chi connectivity index (χ4n) is 2.61. The van der Waals surface area contributed by atoms with Gasteiger partial charge in [-0.3, -0.25) is 9.13 Å². The normalized spacial score (nSPS) is 17.2. The number of aryl methyl sites for hydroxylation is 2. The van der Waals surface area contributed by atoms with Gasteiger partial charge in [0.15, 0.2) is 5.65 Å². The molecule has 2 aromatic heterocycles. The van der Waals surface area contributed by atoms with E-state index in [1.54, 1.807) is 17.8 Å². The van der Waals surface area contributed by atoms with Gasteiger partial charge in [-0.25, -0.2) is 14.8 Å². The second kappa shape index (κ2) is 4.77. The average Bonchev–Trinajstić information content (AvgIpc) is 2.71. The highest BCUT2D eigenvalue weighted by Crippen LogP contribution is 2.23. The number of hydrogen-bond acceptors (Lipinski definition) is 4. The molecule has 1 saturated heterocycles. The third-order valence-corrected chi connectivity index (χ3v) is 3.75. The summed E-state index contributed by atoms with van der Waals surface area (Å²) in [7, 11) is 1.77. The third-order valence-electron chi connectivity index (χ3n) is 3.75. The number of rotatable bonds is 2. The van der Waals surface area contributed by atoms with E-state index in [1.165, 1.54) is 0 Å². The first kappa shape index (κ1) is 12.3. The quantitative estimate of drug-likeness (QED) is 0.811. The molecule has 0 amide bonds. The molecule has 0 atom stereocenters. The molecule has 0 radical (unpaired) electrons. The van der Waals surface area contributed by atoms with Crippen molar-refractivity contribution < 1.29 is 4.74 Å². The topological polar surface area (TPSA) is 61.9 Å². The van der Waals surface area contributed by atoms with Crippen LogP contribution in [0.25, 0.3) is 11.2 Å². The summed E-state index contributed by atoms with van der Waals surface area (Å²) in [5.74, 6) is 0.777. The Labute approximate surface area is 111 Å². The molecule has 1 aliphatic rings. The van der Waals surface area contributed by atoms with Gasteiger partial charge in [0, 0.05) is 32.7 Å². The van der Waals surface area contributed by atoms with Crippen LogP contribution in [0.15, 0.2) is 11.0 Å². The summed E-state index contributed by atoms with van der Waals surface area (Å²) < 4.78 is 8.82. The van der Waals surface area contributed by atoms with Gasteiger partial charge in [0.1, 0.15) is 11.3 Å². The Morgan fingerprint density at radius 3 is 2.84 bits per heavy atom. The van der Waals surface area contributed by atoms with Crippen LogP contribution >= 0.6 is 0 Å². The highest BCUT2D eigenvalue weighted by atomic mass is 16.5. The summed E-state index contributed by atoms with van der Waals surface area (Å²) in [4.78, 5) is 21.2. The summed E-state index contributed by atoms with van der Waals surface area (Å²) in [5.41, 5.74) is 1.55. The molecule has 0 aromatic carbocycles. The van der Waals surface area contributed by atoms with Gasteiger partial charge < -0.3 is 4.74 Å². The Hall–Kier alpha value is -1.69. The molecule has 1 fully saturated rings. The molecule has 0 unspecified atom stereocenters. The second-order valence-corrected chi connectivity index (χ2v) is 4.90. The summed E-state index contributed by atoms with van der Waals surface area (Å²) in [5, 5.41) is 0. The van der Waals surface area contributed by atoms with Crippen LogP contribution in [-0.4, -0.2) is 32.3 Å². The van der Waals surface area contributed by atoms with Crippen LogP contribution in [0, 0.1) is 0 Å². The Balaban J connectivity index is 2.21. The van der Waals surface area contributed by atoms with Gasteiger partial charge in [0.2, 0.25) is 0 Å². The van der Waals surface area contributed by atoms with Crippen molar-refractivity contribution in [1.82, 2.24) is 19.1 Å². The SMILES string of the molecule is CCc1ncc2c(n1)n(C1CCOCC1)c(=O)n2C. The van der Waals surface area contributed by atoms with Crippen molar-refractivity contribution in [2.45, 2.75) is 32.2 Å². The fraction of sp³-hybridized carbons (Fsp3) is 0.615. The van der Waals surface area contributed by atoms with Crippen LogP contribution in [0.2, 0.25) is 0 Å². The van der Waals surface area contributed by atoms with E-state index in [1.807, 2.05) is 11.5 Å². The van der Waals surface area contributed by atoms with Crippen molar-refractivity contribution in [2.24, 2.45) is 7.05 Å². The summed E-state index contributed by atoms with van der Waals surface area (Å²) >= 11 is 0. The van der Waals surface area contributed by atoms with E-state index < -0.39 is 0 Å². The Kier molecular flexibility index (Phi) is 3.10. The van der Waals surface area contributed by atoms with Crippen LogP contribution in [-0.2, 0) is 18.2 Å². The lowest BCUT2D eigenvalue weighted by Gasteiger charge is -2.22. The molecule has 6 nitrogen and oxygen atoms in total. The highest BCUT2D eigenvalue weighted by molar-refractivity contribution is 5.70. The zero-order valence-electron chi connectivity index (χ0n) is 11.3. The van der Waals surface area contributed by atoms with Crippen molar-refractivity contribution in [3.8, 4) is 0 Å². The fourth-order valence-corrected chi connectivity index (χ4v) is 2.61. The van der Waals surface area contributed by atoms with E-state index in [0.717, 1.165) is 36.3 Å². The predicted octanol–water partition coefficient (Wildman–Crippen LogP) is 1.04. The molecule has 0 saturated carbocycles. The molecule has 0 N–H and O–H groups in total. The Morgan fingerprint density at radius 1 is 1.42 bits per heavy atom. The maximum Gasteiger partial charge on any atom is 0.330 e. The number of ether oxygens (including phenoxy) is 1. The van der Waals surface area contributed by atoms with Gasteiger partial charge >= 0.3 is 5.69 Å². The molecule has 2 aromatic rings. The molecule has 0 bridgehead atoms. The molecular weight excluding hydrogens is 244 g/mol. The van der Waals surface area contributed by atoms with Crippen molar-refractivity contribution in [2.75, 3.05) is 13.2 Å². The molecule has 3 rings (SSSR count). The zero-order chi connectivity index (χ0) is 13.4. The van der Waals surface area contributed by atoms with E-state index in [4.69, 9.17) is 4.74 Å². The maximum absolute atomic E-state index is 12.4. The van der Waals surface area contributed by atoms with Crippen LogP contribution < -0.4 is 5.69 Å². The molecule has 19 heavy (non-hydrogen) atoms. The largest absolute Gasteiger partial charge is 0.381 e. The molecule has 1 aliphatic heterocycles. The van der Waals surface area contributed by atoms with E-state index in [2.05, 4.69) is 9.97 Å². The van der Waals surface area contributed by atoms with Crippen LogP contribution in [0.4, 0.5) is 0 Å². The van der Waals surface area contributed by atoms with Gasteiger partial charge in [-0.2, -0.15) is 0 Å². The minimum Gasteiger partial charge on any atom is -0.381 e. The number of nitrogens with zero attached hydrogens (tertiary/aromatic N) is 4. The minimum atomic E-state index is -0.00977. The lowest BCUT2D eigenvalue weighted by molar-refractivity contribution is 0.0695. The van der Waals surface area contributed by atoms with Gasteiger partial charge in [0.25, 0.3) is 0 Å². The van der Waals surface area contributed by atoms with E-state index in [-0.39, 0.29) is 11.7 Å². The van der Waals surface area contributed by atoms with E-state index >= 15 is 0 Å². The highest BCUT2D eigenvalue weighted by Gasteiger charge is 2.22. The number of fused-ring (bicyclic) bond motifs is 1. The maximum atomic E-state index is 12.4. The lowest BCUT2D eigenvalue weighted by atomic mass is 10.1. The predicted molar refractivity (Wildman–Crippen MR) is 71.2 cm³/mol. The van der Waals surface area contributed by atoms with Crippen molar-refractivity contribution in [3.63, 3.8) is 0 Å². The summed E-state index contributed by atoms with van der Waals surface area (Å²) in [6.45, 7) is 3.43. The molecular formula is C13H18N4O2. The van der Waals surface area contributed by atoms with Gasteiger partial charge in [-0.1, -0.05) is 6.92 Å². The monoisotopic (exact) mass is 262 g/mol. The van der Waals surface area contributed by atoms with Crippen LogP contribution in [0.3, 0.4) is 0 Å². The average molecular weight is 262 g/mol. The van der Waals surface area contributed by atoms with Gasteiger partial charge in [0.05, 0.1) is 6.20 Å². The first-order chi connectivity index (χ1) is 9.22. The van der Waals surface area contributed by atoms with Gasteiger partial charge in [-0.05, 0) is 12.8 Å². The van der Waals surface area contributed by atoms with Crippen LogP contribution in [0.5, 0.6) is 0 Å². The van der Waals surface area contributed by atoms with Crippen molar-refractivity contribution >= 4 is 11.2 Å². The third kappa shape index (κ3) is 1.96. The van der Waals surface area contributed by atoms with E-state index in [9.17, 15) is 4.79 Å². The molecule has 0 aliphatic carbocycles. The van der Waals surface area contributed by atoms with Crippen LogP contribution in [0.1, 0.15) is 31.6 Å². The lowest BCUT2D eigenvalue weighted by Crippen LogP contribution is -2.30. The minimum absolute atomic E-state index is 0.00977. The second-order valence-electron chi connectivity index (χ2n) is 4.90. The smallest absolute Gasteiger partial charge is 0.330 e. The number of aromatic nitrogens is 4. The molecule has 0 spiro atoms. The Morgan fingerprint density at radius 2 is 2.16 bits per heavy atom. The first-order valence-electron chi connectivity index (χ1n) is 6.73. The number of imidazole rings is 1. The van der Waals surface area contributed by atoms with Gasteiger partial charge in [-0.15, -0.1) is 0 Å². The first-order valence-corrected chi connectivity index (χ1v) is 6.73. The standard InChI is InChI=1S/C13H18N4O2/c1-3-11-14-8-10-12(15-11)17(13(18)16(10)2)9-4-6-19-7-5-9/h8-9H,3-7H2,1-2H3. The number of hydrogen-bond donors (Lipinski definition) is 0. The molecule has 3 heterocycles. The summed E-state index contributed by atoms with van der Waals surface area (Å²) in [6.07, 6.45) is 4.25. The molecule has 6 heteroatoms. The molecule has 102 valence electrons. The van der Waals surface area contributed by atoms with Crippen molar-refractivity contribution in [3.05, 3.63) is 22.5 Å². The van der Waals surface area contributed by atoms with E-state index in [0.29, 0.717) is 13.2 Å². The Bertz CT molecular complexity index is 652. The van der Waals surface area contributed by atoms with Crippen molar-refractivity contribution in [1.29, 1.82) is 0 Å². The summed E-state index contributed by atoms with van der Waals surface area (Å²) in [6, 6.07) is 0.185. The zero-order valence-corrected chi connectivity index (χ0v) is 11.3.